The molecule has 1 aromatic carbocycles. The highest BCUT2D eigenvalue weighted by Gasteiger charge is 2.29. The van der Waals surface area contributed by atoms with E-state index >= 15 is 0 Å². The molecule has 1 unspecified atom stereocenters. The van der Waals surface area contributed by atoms with E-state index in [2.05, 4.69) is 26.0 Å². The molecule has 1 aromatic heterocycles. The maximum Gasteiger partial charge on any atom is 0.250 e. The Hall–Kier alpha value is -1.22. The highest BCUT2D eigenvalue weighted by atomic mass is 79.9. The Balaban J connectivity index is 1.78. The van der Waals surface area contributed by atoms with Crippen LogP contribution in [0, 0.1) is 0 Å². The van der Waals surface area contributed by atoms with Crippen molar-refractivity contribution in [1.29, 1.82) is 0 Å². The normalized spacial score (nSPS) is 16.5. The summed E-state index contributed by atoms with van der Waals surface area (Å²) < 4.78 is 28.9. The molecule has 3 rings (SSSR count). The largest absolute Gasteiger partial charge is 0.352 e. The van der Waals surface area contributed by atoms with Crippen molar-refractivity contribution in [2.24, 2.45) is 0 Å². The zero-order valence-electron chi connectivity index (χ0n) is 14.2. The molecule has 140 valence electrons. The number of hydrogen-bond acceptors (Lipinski definition) is 4. The summed E-state index contributed by atoms with van der Waals surface area (Å²) in [4.78, 5) is 12.8. The first-order valence-electron chi connectivity index (χ1n) is 8.56. The van der Waals surface area contributed by atoms with Gasteiger partial charge in [0, 0.05) is 6.04 Å². The predicted molar refractivity (Wildman–Crippen MR) is 107 cm³/mol. The van der Waals surface area contributed by atoms with Crippen LogP contribution < -0.4 is 10.0 Å². The molecule has 5 nitrogen and oxygen atoms in total. The van der Waals surface area contributed by atoms with Gasteiger partial charge in [-0.15, -0.1) is 11.3 Å². The molecule has 1 aliphatic carbocycles. The third-order valence-corrected chi connectivity index (χ3v) is 8.00. The van der Waals surface area contributed by atoms with Crippen molar-refractivity contribution in [1.82, 2.24) is 10.0 Å². The van der Waals surface area contributed by atoms with Crippen LogP contribution in [-0.4, -0.2) is 26.4 Å². The van der Waals surface area contributed by atoms with Gasteiger partial charge < -0.3 is 5.32 Å². The number of carbonyl (C=O) groups is 1. The lowest BCUT2D eigenvalue weighted by Gasteiger charge is -2.21. The van der Waals surface area contributed by atoms with Crippen molar-refractivity contribution < 1.29 is 13.2 Å². The fraction of sp³-hybridized carbons (Fsp3) is 0.389. The van der Waals surface area contributed by atoms with Crippen LogP contribution in [0.25, 0.3) is 0 Å². The average Bonchev–Trinajstić information content (AvgIpc) is 3.27. The van der Waals surface area contributed by atoms with Gasteiger partial charge in [0.25, 0.3) is 10.0 Å². The first kappa shape index (κ1) is 19.5. The molecule has 1 atom stereocenters. The monoisotopic (exact) mass is 456 g/mol. The number of nitrogens with one attached hydrogen (secondary N) is 2. The fourth-order valence-corrected chi connectivity index (χ4v) is 6.32. The summed E-state index contributed by atoms with van der Waals surface area (Å²) in [6, 6.07) is 12.0. The van der Waals surface area contributed by atoms with E-state index in [1.54, 1.807) is 6.07 Å². The molecule has 1 saturated carbocycles. The molecule has 0 bridgehead atoms. The number of carbonyl (C=O) groups excluding carboxylic acids is 1. The van der Waals surface area contributed by atoms with Gasteiger partial charge in [-0.3, -0.25) is 4.79 Å². The van der Waals surface area contributed by atoms with Crippen LogP contribution in [0.15, 0.2) is 50.5 Å². The van der Waals surface area contributed by atoms with E-state index in [9.17, 15) is 13.2 Å². The third kappa shape index (κ3) is 5.16. The lowest BCUT2D eigenvalue weighted by molar-refractivity contribution is -0.123. The second-order valence-corrected chi connectivity index (χ2v) is 10.8. The average molecular weight is 457 g/mol. The van der Waals surface area contributed by atoms with Gasteiger partial charge in [0.1, 0.15) is 10.3 Å². The van der Waals surface area contributed by atoms with Crippen molar-refractivity contribution in [3.05, 3.63) is 51.8 Å². The van der Waals surface area contributed by atoms with Crippen LogP contribution in [0.3, 0.4) is 0 Å². The summed E-state index contributed by atoms with van der Waals surface area (Å²) in [5.41, 5.74) is 0.911. The lowest BCUT2D eigenvalue weighted by atomic mass is 10.1. The number of rotatable bonds is 7. The van der Waals surface area contributed by atoms with E-state index in [4.69, 9.17) is 0 Å². The standard InChI is InChI=1S/C18H21BrN2O3S2/c19-16-10-11-17(25-16)26(23,24)21-15(12-13-6-2-1-3-7-13)18(22)20-14-8-4-5-9-14/h1-3,6-7,10-11,14-15,21H,4-5,8-9,12H2,(H,20,22). The van der Waals surface area contributed by atoms with Gasteiger partial charge >= 0.3 is 0 Å². The second kappa shape index (κ2) is 8.65. The van der Waals surface area contributed by atoms with Crippen LogP contribution in [0.4, 0.5) is 0 Å². The zero-order valence-corrected chi connectivity index (χ0v) is 17.4. The molecule has 1 aliphatic rings. The van der Waals surface area contributed by atoms with Crippen LogP contribution in [0.5, 0.6) is 0 Å². The van der Waals surface area contributed by atoms with E-state index in [0.717, 1.165) is 46.4 Å². The number of halogens is 1. The number of sulfonamides is 1. The summed E-state index contributed by atoms with van der Waals surface area (Å²) >= 11 is 4.40. The molecule has 0 radical (unpaired) electrons. The number of thiophene rings is 1. The zero-order chi connectivity index (χ0) is 18.6. The van der Waals surface area contributed by atoms with Crippen molar-refractivity contribution in [2.75, 3.05) is 0 Å². The van der Waals surface area contributed by atoms with Crippen molar-refractivity contribution >= 4 is 43.2 Å². The molecule has 1 amide bonds. The van der Waals surface area contributed by atoms with Gasteiger partial charge in [0.15, 0.2) is 0 Å². The van der Waals surface area contributed by atoms with E-state index in [1.807, 2.05) is 30.3 Å². The Morgan fingerprint density at radius 2 is 1.85 bits per heavy atom. The van der Waals surface area contributed by atoms with E-state index in [-0.39, 0.29) is 16.2 Å². The van der Waals surface area contributed by atoms with Crippen LogP contribution in [-0.2, 0) is 21.2 Å². The molecule has 1 heterocycles. The van der Waals surface area contributed by atoms with Crippen LogP contribution >= 0.6 is 27.3 Å². The quantitative estimate of drug-likeness (QED) is 0.669. The first-order chi connectivity index (χ1) is 12.4. The Labute approximate surface area is 166 Å². The van der Waals surface area contributed by atoms with E-state index in [0.29, 0.717) is 6.42 Å². The van der Waals surface area contributed by atoms with Gasteiger partial charge in [0.2, 0.25) is 5.91 Å². The van der Waals surface area contributed by atoms with E-state index in [1.165, 1.54) is 6.07 Å². The number of benzene rings is 1. The maximum atomic E-state index is 12.8. The SMILES string of the molecule is O=C(NC1CCCC1)C(Cc1ccccc1)NS(=O)(=O)c1ccc(Br)s1. The van der Waals surface area contributed by atoms with Gasteiger partial charge in [-0.05, 0) is 52.9 Å². The van der Waals surface area contributed by atoms with Gasteiger partial charge in [0.05, 0.1) is 3.79 Å². The minimum Gasteiger partial charge on any atom is -0.352 e. The molecule has 2 N–H and O–H groups in total. The Morgan fingerprint density at radius 3 is 2.46 bits per heavy atom. The fourth-order valence-electron chi connectivity index (χ4n) is 3.10. The van der Waals surface area contributed by atoms with Crippen LogP contribution in [0.2, 0.25) is 0 Å². The molecule has 26 heavy (non-hydrogen) atoms. The lowest BCUT2D eigenvalue weighted by Crippen LogP contribution is -2.50. The molecule has 0 spiro atoms. The van der Waals surface area contributed by atoms with Crippen molar-refractivity contribution in [3.8, 4) is 0 Å². The number of amides is 1. The van der Waals surface area contributed by atoms with Gasteiger partial charge in [-0.1, -0.05) is 43.2 Å². The Morgan fingerprint density at radius 1 is 1.15 bits per heavy atom. The number of hydrogen-bond donors (Lipinski definition) is 2. The van der Waals surface area contributed by atoms with Gasteiger partial charge in [-0.2, -0.15) is 4.72 Å². The highest BCUT2D eigenvalue weighted by molar-refractivity contribution is 9.11. The Bertz CT molecular complexity index is 846. The molecular weight excluding hydrogens is 436 g/mol. The third-order valence-electron chi connectivity index (χ3n) is 4.41. The molecule has 8 heteroatoms. The molecule has 0 saturated heterocycles. The molecule has 0 aliphatic heterocycles. The predicted octanol–water partition coefficient (Wildman–Crippen LogP) is 3.46. The summed E-state index contributed by atoms with van der Waals surface area (Å²) in [6.07, 6.45) is 4.42. The van der Waals surface area contributed by atoms with Gasteiger partial charge in [-0.25, -0.2) is 8.42 Å². The summed E-state index contributed by atoms with van der Waals surface area (Å²) in [5.74, 6) is -0.264. The highest BCUT2D eigenvalue weighted by Crippen LogP contribution is 2.26. The van der Waals surface area contributed by atoms with E-state index < -0.39 is 16.1 Å². The van der Waals surface area contributed by atoms with Crippen molar-refractivity contribution in [3.63, 3.8) is 0 Å². The second-order valence-electron chi connectivity index (χ2n) is 6.41. The summed E-state index contributed by atoms with van der Waals surface area (Å²) in [7, 11) is -3.76. The van der Waals surface area contributed by atoms with Crippen LogP contribution in [0.1, 0.15) is 31.2 Å². The first-order valence-corrected chi connectivity index (χ1v) is 11.7. The maximum absolute atomic E-state index is 12.8. The Kier molecular flexibility index (Phi) is 6.50. The molecular formula is C18H21BrN2O3S2. The smallest absolute Gasteiger partial charge is 0.250 e. The molecule has 1 fully saturated rings. The van der Waals surface area contributed by atoms with Crippen molar-refractivity contribution in [2.45, 2.75) is 48.4 Å². The summed E-state index contributed by atoms with van der Waals surface area (Å²) in [6.45, 7) is 0. The summed E-state index contributed by atoms with van der Waals surface area (Å²) in [5, 5.41) is 3.01. The molecule has 2 aromatic rings. The minimum absolute atomic E-state index is 0.140. The topological polar surface area (TPSA) is 75.3 Å². The minimum atomic E-state index is -3.76.